The van der Waals surface area contributed by atoms with E-state index in [0.29, 0.717) is 27.9 Å². The van der Waals surface area contributed by atoms with Gasteiger partial charge in [0.2, 0.25) is 17.7 Å². The van der Waals surface area contributed by atoms with Gasteiger partial charge in [0.05, 0.1) is 17.1 Å². The topological polar surface area (TPSA) is 59.2 Å². The summed E-state index contributed by atoms with van der Waals surface area (Å²) in [6.07, 6.45) is 4.70. The maximum absolute atomic E-state index is 13.7. The average molecular weight is 398 g/mol. The van der Waals surface area contributed by atoms with Crippen molar-refractivity contribution >= 4 is 23.6 Å². The predicted molar refractivity (Wildman–Crippen MR) is 104 cm³/mol. The second-order valence-electron chi connectivity index (χ2n) is 6.53. The summed E-state index contributed by atoms with van der Waals surface area (Å²) >= 11 is 6.16. The van der Waals surface area contributed by atoms with Gasteiger partial charge in [-0.2, -0.15) is 0 Å². The zero-order valence-electron chi connectivity index (χ0n) is 14.9. The highest BCUT2D eigenvalue weighted by atomic mass is 35.5. The Kier molecular flexibility index (Phi) is 5.21. The van der Waals surface area contributed by atoms with Crippen LogP contribution in [0.15, 0.2) is 59.0 Å². The van der Waals surface area contributed by atoms with Crippen LogP contribution in [0.25, 0.3) is 17.5 Å². The van der Waals surface area contributed by atoms with Gasteiger partial charge in [0.1, 0.15) is 5.82 Å². The normalized spacial score (nSPS) is 13.8. The third-order valence-electron chi connectivity index (χ3n) is 4.46. The van der Waals surface area contributed by atoms with Crippen LogP contribution in [-0.4, -0.2) is 27.0 Å². The molecule has 7 heteroatoms. The van der Waals surface area contributed by atoms with Crippen molar-refractivity contribution in [3.63, 3.8) is 0 Å². The average Bonchev–Trinajstić information content (AvgIpc) is 3.44. The molecule has 0 aliphatic heterocycles. The lowest BCUT2D eigenvalue weighted by Crippen LogP contribution is -2.31. The first-order chi connectivity index (χ1) is 13.6. The van der Waals surface area contributed by atoms with Crippen molar-refractivity contribution in [3.8, 4) is 11.5 Å². The summed E-state index contributed by atoms with van der Waals surface area (Å²) in [6, 6.07) is 13.6. The summed E-state index contributed by atoms with van der Waals surface area (Å²) in [4.78, 5) is 14.3. The summed E-state index contributed by atoms with van der Waals surface area (Å²) < 4.78 is 19.4. The zero-order chi connectivity index (χ0) is 19.5. The predicted octanol–water partition coefficient (Wildman–Crippen LogP) is 4.73. The molecule has 1 amide bonds. The number of rotatable bonds is 6. The van der Waals surface area contributed by atoms with Gasteiger partial charge in [-0.25, -0.2) is 4.39 Å². The number of halogens is 2. The molecule has 1 aromatic heterocycles. The van der Waals surface area contributed by atoms with Crippen LogP contribution in [0.2, 0.25) is 5.02 Å². The molecule has 1 fully saturated rings. The molecule has 0 atom stereocenters. The molecule has 2 aromatic carbocycles. The zero-order valence-corrected chi connectivity index (χ0v) is 15.6. The van der Waals surface area contributed by atoms with Crippen LogP contribution in [-0.2, 0) is 11.3 Å². The number of nitrogens with zero attached hydrogens (tertiary/aromatic N) is 3. The maximum atomic E-state index is 13.7. The van der Waals surface area contributed by atoms with Crippen LogP contribution in [0.5, 0.6) is 0 Å². The fraction of sp³-hybridized carbons (Fsp3) is 0.190. The summed E-state index contributed by atoms with van der Waals surface area (Å²) in [6.45, 7) is 0.197. The molecule has 3 aromatic rings. The Morgan fingerprint density at radius 1 is 1.18 bits per heavy atom. The Morgan fingerprint density at radius 2 is 1.93 bits per heavy atom. The Hall–Kier alpha value is -2.99. The summed E-state index contributed by atoms with van der Waals surface area (Å²) in [5.74, 6) is 0.0502. The van der Waals surface area contributed by atoms with Gasteiger partial charge in [0.25, 0.3) is 0 Å². The van der Waals surface area contributed by atoms with Crippen LogP contribution in [0, 0.1) is 5.82 Å². The second-order valence-corrected chi connectivity index (χ2v) is 6.94. The van der Waals surface area contributed by atoms with E-state index in [-0.39, 0.29) is 24.3 Å². The minimum atomic E-state index is -0.370. The minimum Gasteiger partial charge on any atom is -0.419 e. The molecule has 142 valence electrons. The number of hydrogen-bond donors (Lipinski definition) is 0. The first-order valence-corrected chi connectivity index (χ1v) is 9.30. The lowest BCUT2D eigenvalue weighted by molar-refractivity contribution is -0.127. The van der Waals surface area contributed by atoms with Gasteiger partial charge in [0.15, 0.2) is 0 Å². The monoisotopic (exact) mass is 397 g/mol. The van der Waals surface area contributed by atoms with Crippen molar-refractivity contribution in [2.75, 3.05) is 0 Å². The van der Waals surface area contributed by atoms with E-state index in [0.717, 1.165) is 12.8 Å². The Labute approximate surface area is 166 Å². The fourth-order valence-corrected chi connectivity index (χ4v) is 3.06. The first kappa shape index (κ1) is 18.4. The number of carbonyl (C=O) groups excluding carboxylic acids is 1. The van der Waals surface area contributed by atoms with Crippen LogP contribution >= 0.6 is 11.6 Å². The molecule has 5 nitrogen and oxygen atoms in total. The Balaban J connectivity index is 1.50. The lowest BCUT2D eigenvalue weighted by atomic mass is 10.2. The van der Waals surface area contributed by atoms with Gasteiger partial charge in [-0.3, -0.25) is 4.79 Å². The van der Waals surface area contributed by atoms with Gasteiger partial charge < -0.3 is 9.32 Å². The maximum Gasteiger partial charge on any atom is 0.249 e. The molecule has 0 bridgehead atoms. The summed E-state index contributed by atoms with van der Waals surface area (Å²) in [7, 11) is 0. The van der Waals surface area contributed by atoms with Crippen LogP contribution < -0.4 is 0 Å². The van der Waals surface area contributed by atoms with Gasteiger partial charge in [0, 0.05) is 17.7 Å². The lowest BCUT2D eigenvalue weighted by Gasteiger charge is -2.18. The van der Waals surface area contributed by atoms with Crippen molar-refractivity contribution in [1.29, 1.82) is 0 Å². The molecule has 1 saturated carbocycles. The van der Waals surface area contributed by atoms with Gasteiger partial charge in [-0.1, -0.05) is 41.9 Å². The minimum absolute atomic E-state index is 0.133. The molecule has 1 heterocycles. The van der Waals surface area contributed by atoms with E-state index in [1.54, 1.807) is 35.2 Å². The molecule has 1 aliphatic carbocycles. The van der Waals surface area contributed by atoms with E-state index < -0.39 is 0 Å². The molecule has 0 saturated heterocycles. The number of carbonyl (C=O) groups is 1. The molecular formula is C21H17ClFN3O2. The van der Waals surface area contributed by atoms with E-state index in [9.17, 15) is 9.18 Å². The van der Waals surface area contributed by atoms with E-state index in [4.69, 9.17) is 16.0 Å². The van der Waals surface area contributed by atoms with E-state index >= 15 is 0 Å². The standard InChI is InChI=1S/C21H17ClFN3O2/c22-17-7-3-2-6-16(17)21-25-24-19(28-21)13-26(15-10-11-15)20(27)12-9-14-5-1-4-8-18(14)23/h1-9,12,15H,10-11,13H2/b12-9+. The highest BCUT2D eigenvalue weighted by molar-refractivity contribution is 6.33. The molecule has 0 N–H and O–H groups in total. The van der Waals surface area contributed by atoms with Crippen LogP contribution in [0.3, 0.4) is 0 Å². The van der Waals surface area contributed by atoms with E-state index in [1.807, 2.05) is 12.1 Å². The molecule has 4 rings (SSSR count). The van der Waals surface area contributed by atoms with Gasteiger partial charge in [-0.05, 0) is 37.1 Å². The van der Waals surface area contributed by atoms with Crippen molar-refractivity contribution in [1.82, 2.24) is 15.1 Å². The van der Waals surface area contributed by atoms with Crippen molar-refractivity contribution in [3.05, 3.63) is 76.9 Å². The van der Waals surface area contributed by atoms with Crippen molar-refractivity contribution < 1.29 is 13.6 Å². The van der Waals surface area contributed by atoms with Crippen molar-refractivity contribution in [2.45, 2.75) is 25.4 Å². The third kappa shape index (κ3) is 4.12. The van der Waals surface area contributed by atoms with Gasteiger partial charge >= 0.3 is 0 Å². The highest BCUT2D eigenvalue weighted by Gasteiger charge is 2.33. The molecule has 1 aliphatic rings. The number of hydrogen-bond acceptors (Lipinski definition) is 4. The molecular weight excluding hydrogens is 381 g/mol. The number of benzene rings is 2. The summed E-state index contributed by atoms with van der Waals surface area (Å²) in [5.41, 5.74) is 1.01. The van der Waals surface area contributed by atoms with Crippen LogP contribution in [0.4, 0.5) is 4.39 Å². The Morgan fingerprint density at radius 3 is 2.68 bits per heavy atom. The largest absolute Gasteiger partial charge is 0.419 e. The van der Waals surface area contributed by atoms with E-state index in [1.165, 1.54) is 18.2 Å². The second kappa shape index (κ2) is 7.94. The van der Waals surface area contributed by atoms with E-state index in [2.05, 4.69) is 10.2 Å². The Bertz CT molecular complexity index is 1030. The summed E-state index contributed by atoms with van der Waals surface area (Å²) in [5, 5.41) is 8.60. The smallest absolute Gasteiger partial charge is 0.249 e. The quantitative estimate of drug-likeness (QED) is 0.564. The van der Waals surface area contributed by atoms with Crippen molar-refractivity contribution in [2.24, 2.45) is 0 Å². The molecule has 0 unspecified atom stereocenters. The number of aromatic nitrogens is 2. The van der Waals surface area contributed by atoms with Gasteiger partial charge in [-0.15, -0.1) is 10.2 Å². The third-order valence-corrected chi connectivity index (χ3v) is 4.79. The fourth-order valence-electron chi connectivity index (χ4n) is 2.85. The molecule has 28 heavy (non-hydrogen) atoms. The first-order valence-electron chi connectivity index (χ1n) is 8.92. The molecule has 0 spiro atoms. The number of amides is 1. The molecule has 0 radical (unpaired) electrons. The SMILES string of the molecule is O=C(/C=C/c1ccccc1F)N(Cc1nnc(-c2ccccc2Cl)o1)C1CC1. The van der Waals surface area contributed by atoms with Crippen LogP contribution in [0.1, 0.15) is 24.3 Å². The highest BCUT2D eigenvalue weighted by Crippen LogP contribution is 2.30.